The summed E-state index contributed by atoms with van der Waals surface area (Å²) < 4.78 is 21.9. The lowest BCUT2D eigenvalue weighted by Gasteiger charge is -2.48. The van der Waals surface area contributed by atoms with Crippen molar-refractivity contribution >= 4 is 34.2 Å². The second-order valence-corrected chi connectivity index (χ2v) is 9.25. The Kier molecular flexibility index (Phi) is 6.09. The van der Waals surface area contributed by atoms with Crippen LogP contribution in [0.15, 0.2) is 41.7 Å². The molecule has 1 fully saturated rings. The van der Waals surface area contributed by atoms with E-state index < -0.39 is 11.4 Å². The van der Waals surface area contributed by atoms with Crippen LogP contribution in [-0.2, 0) is 11.3 Å². The van der Waals surface area contributed by atoms with E-state index in [-0.39, 0.29) is 71.2 Å². The Morgan fingerprint density at radius 3 is 2.86 bits per heavy atom. The number of phenols is 1. The summed E-state index contributed by atoms with van der Waals surface area (Å²) in [5.74, 6) is -1.16. The van der Waals surface area contributed by atoms with E-state index in [1.54, 1.807) is 11.0 Å². The van der Waals surface area contributed by atoms with Crippen molar-refractivity contribution < 1.29 is 24.1 Å². The Morgan fingerprint density at radius 2 is 2.17 bits per heavy atom. The van der Waals surface area contributed by atoms with Crippen LogP contribution in [0.1, 0.15) is 6.92 Å². The first-order chi connectivity index (χ1) is 17.3. The third kappa shape index (κ3) is 3.68. The third-order valence-electron chi connectivity index (χ3n) is 6.68. The van der Waals surface area contributed by atoms with Gasteiger partial charge >= 0.3 is 0 Å². The maximum absolute atomic E-state index is 14.7. The third-order valence-corrected chi connectivity index (χ3v) is 6.97. The molecule has 2 unspecified atom stereocenters. The maximum atomic E-state index is 14.7. The van der Waals surface area contributed by atoms with E-state index in [1.165, 1.54) is 28.8 Å². The van der Waals surface area contributed by atoms with E-state index in [2.05, 4.69) is 11.6 Å². The molecule has 0 aliphatic carbocycles. The van der Waals surface area contributed by atoms with Crippen molar-refractivity contribution in [3.63, 3.8) is 0 Å². The van der Waals surface area contributed by atoms with Crippen molar-refractivity contribution in [2.75, 3.05) is 31.2 Å². The molecule has 2 aliphatic rings. The number of carbonyl (C=O) groups is 1. The van der Waals surface area contributed by atoms with Gasteiger partial charge in [-0.1, -0.05) is 24.2 Å². The number of anilines is 1. The van der Waals surface area contributed by atoms with Crippen LogP contribution in [0.2, 0.25) is 5.02 Å². The molecule has 1 aromatic carbocycles. The summed E-state index contributed by atoms with van der Waals surface area (Å²) in [6.07, 6.45) is 1.27. The molecule has 188 valence electrons. The average Bonchev–Trinajstić information content (AvgIpc) is 2.85. The molecular weight excluding hydrogens is 491 g/mol. The predicted molar refractivity (Wildman–Crippen MR) is 133 cm³/mol. The van der Waals surface area contributed by atoms with Gasteiger partial charge in [-0.2, -0.15) is 0 Å². The van der Waals surface area contributed by atoms with Gasteiger partial charge in [0, 0.05) is 24.5 Å². The van der Waals surface area contributed by atoms with Crippen LogP contribution in [-0.4, -0.2) is 69.0 Å². The van der Waals surface area contributed by atoms with Gasteiger partial charge in [0.1, 0.15) is 23.8 Å². The predicted octanol–water partition coefficient (Wildman–Crippen LogP) is 2.54. The normalized spacial score (nSPS) is 19.0. The minimum Gasteiger partial charge on any atom is -0.507 e. The number of hydrogen-bond donors (Lipinski definition) is 2. The Morgan fingerprint density at radius 1 is 1.39 bits per heavy atom. The van der Waals surface area contributed by atoms with Crippen molar-refractivity contribution in [1.82, 2.24) is 14.5 Å². The lowest BCUT2D eigenvalue weighted by Crippen LogP contribution is -2.62. The number of carbonyl (C=O) groups excluding carboxylic acids is 1. The number of amides is 1. The van der Waals surface area contributed by atoms with Gasteiger partial charge in [0.25, 0.3) is 5.56 Å². The number of aromatic nitrogens is 2. The van der Waals surface area contributed by atoms with Crippen LogP contribution in [0.4, 0.5) is 10.1 Å². The largest absolute Gasteiger partial charge is 0.507 e. The molecule has 3 aromatic rings. The second-order valence-electron chi connectivity index (χ2n) is 8.84. The molecule has 1 saturated heterocycles. The van der Waals surface area contributed by atoms with Gasteiger partial charge in [0.2, 0.25) is 11.7 Å². The van der Waals surface area contributed by atoms with E-state index in [0.717, 1.165) is 0 Å². The van der Waals surface area contributed by atoms with E-state index in [0.29, 0.717) is 24.2 Å². The topological polar surface area (TPSA) is 108 Å². The molecule has 2 aromatic heterocycles. The number of rotatable bonds is 4. The smallest absolute Gasteiger partial charge is 0.296 e. The summed E-state index contributed by atoms with van der Waals surface area (Å²) in [5, 5.41) is 20.5. The van der Waals surface area contributed by atoms with Crippen LogP contribution in [0.25, 0.3) is 22.3 Å². The van der Waals surface area contributed by atoms with E-state index >= 15 is 0 Å². The van der Waals surface area contributed by atoms with Crippen LogP contribution in [0.3, 0.4) is 0 Å². The summed E-state index contributed by atoms with van der Waals surface area (Å²) in [4.78, 5) is 34.1. The minimum atomic E-state index is -0.724. The van der Waals surface area contributed by atoms with Crippen LogP contribution < -0.4 is 15.2 Å². The number of hydrogen-bond acceptors (Lipinski definition) is 7. The minimum absolute atomic E-state index is 0.0335. The van der Waals surface area contributed by atoms with Crippen molar-refractivity contribution in [3.8, 4) is 22.8 Å². The molecule has 11 heteroatoms. The molecule has 0 saturated carbocycles. The van der Waals surface area contributed by atoms with Gasteiger partial charge in [-0.3, -0.25) is 14.2 Å². The number of ether oxygens (including phenoxy) is 1. The van der Waals surface area contributed by atoms with Gasteiger partial charge in [-0.05, 0) is 31.2 Å². The highest BCUT2D eigenvalue weighted by molar-refractivity contribution is 6.34. The molecule has 0 radical (unpaired) electrons. The molecule has 5 rings (SSSR count). The van der Waals surface area contributed by atoms with E-state index in [1.807, 2.05) is 11.8 Å². The number of halogens is 2. The lowest BCUT2D eigenvalue weighted by molar-refractivity contribution is -0.129. The van der Waals surface area contributed by atoms with Crippen LogP contribution in [0.5, 0.6) is 11.5 Å². The number of piperazine rings is 1. The summed E-state index contributed by atoms with van der Waals surface area (Å²) in [5.41, 5.74) is -0.0768. The first-order valence-electron chi connectivity index (χ1n) is 11.4. The number of pyridine rings is 2. The number of aromatic hydroxyl groups is 1. The number of fused-ring (bicyclic) bond motifs is 5. The molecule has 1 amide bonds. The standard InChI is InChI=1S/C25H24ClFN4O5/c1-3-19(34)30-11-14-12-36-23-22(31(14)10-13(30)2)15-9-16(26)21(20-17(27)5-4-6-18(20)33)28-24(15)29(7-8-32)25(23)35/h3-6,9,13-14,32-33H,1,7-8,10-12H2,2H3. The summed E-state index contributed by atoms with van der Waals surface area (Å²) in [7, 11) is 0. The Bertz CT molecular complexity index is 1440. The van der Waals surface area contributed by atoms with Crippen LogP contribution in [0, 0.1) is 5.82 Å². The highest BCUT2D eigenvalue weighted by Crippen LogP contribution is 2.43. The molecule has 36 heavy (non-hydrogen) atoms. The number of nitrogens with zero attached hydrogens (tertiary/aromatic N) is 4. The van der Waals surface area contributed by atoms with Gasteiger partial charge in [-0.15, -0.1) is 0 Å². The van der Waals surface area contributed by atoms with Gasteiger partial charge in [-0.25, -0.2) is 9.37 Å². The van der Waals surface area contributed by atoms with E-state index in [9.17, 15) is 24.2 Å². The molecule has 0 spiro atoms. The second kappa shape index (κ2) is 9.11. The zero-order valence-electron chi connectivity index (χ0n) is 19.4. The van der Waals surface area contributed by atoms with Crippen molar-refractivity contribution in [2.24, 2.45) is 0 Å². The molecule has 4 heterocycles. The number of aliphatic hydroxyl groups is 1. The number of aliphatic hydroxyl groups excluding tert-OH is 1. The summed E-state index contributed by atoms with van der Waals surface area (Å²) >= 11 is 6.58. The molecule has 0 bridgehead atoms. The lowest BCUT2D eigenvalue weighted by atomic mass is 10.0. The number of benzene rings is 1. The van der Waals surface area contributed by atoms with Gasteiger partial charge in [0.05, 0.1) is 41.2 Å². The highest BCUT2D eigenvalue weighted by Gasteiger charge is 2.40. The van der Waals surface area contributed by atoms with Crippen LogP contribution >= 0.6 is 11.6 Å². The summed E-state index contributed by atoms with van der Waals surface area (Å²) in [6.45, 7) is 6.04. The molecule has 2 atom stereocenters. The fourth-order valence-electron chi connectivity index (χ4n) is 5.01. The molecule has 2 aliphatic heterocycles. The monoisotopic (exact) mass is 514 g/mol. The quantitative estimate of drug-likeness (QED) is 0.515. The number of phenolic OH excluding ortho intramolecular Hbond substituents is 1. The Hall–Kier alpha value is -3.63. The molecule has 9 nitrogen and oxygen atoms in total. The Balaban J connectivity index is 1.75. The summed E-state index contributed by atoms with van der Waals surface area (Å²) in [6, 6.07) is 5.01. The van der Waals surface area contributed by atoms with Crippen molar-refractivity contribution in [1.29, 1.82) is 0 Å². The Labute approximate surface area is 210 Å². The van der Waals surface area contributed by atoms with E-state index in [4.69, 9.17) is 16.3 Å². The molecule has 2 N–H and O–H groups in total. The van der Waals surface area contributed by atoms with Gasteiger partial charge < -0.3 is 24.7 Å². The maximum Gasteiger partial charge on any atom is 0.296 e. The first-order valence-corrected chi connectivity index (χ1v) is 11.8. The molecular formula is C25H24ClFN4O5. The fourth-order valence-corrected chi connectivity index (χ4v) is 5.25. The average molecular weight is 515 g/mol. The van der Waals surface area contributed by atoms with Crippen molar-refractivity contribution in [3.05, 3.63) is 58.1 Å². The van der Waals surface area contributed by atoms with Gasteiger partial charge in [0.15, 0.2) is 0 Å². The SMILES string of the molecule is C=CC(=O)N1CC2COc3c(c4cc(Cl)c(-c5c(O)cccc5F)nc4n(CCO)c3=O)N2CC1C. The zero-order valence-corrected chi connectivity index (χ0v) is 20.2. The van der Waals surface area contributed by atoms with Crippen molar-refractivity contribution in [2.45, 2.75) is 25.6 Å². The first kappa shape index (κ1) is 24.1. The zero-order chi connectivity index (χ0) is 25.7. The fraction of sp³-hybridized carbons (Fsp3) is 0.320. The highest BCUT2D eigenvalue weighted by atomic mass is 35.5.